The molecule has 7 nitrogen and oxygen atoms in total. The first-order valence-corrected chi connectivity index (χ1v) is 11.5. The number of aromatic nitrogens is 2. The van der Waals surface area contributed by atoms with Crippen LogP contribution in [0.25, 0.3) is 16.6 Å². The molecule has 2 heterocycles. The summed E-state index contributed by atoms with van der Waals surface area (Å²) in [4.78, 5) is 20.7. The zero-order valence-electron chi connectivity index (χ0n) is 19.5. The van der Waals surface area contributed by atoms with Crippen LogP contribution >= 0.6 is 0 Å². The molecule has 0 spiro atoms. The van der Waals surface area contributed by atoms with Crippen LogP contribution in [0.15, 0.2) is 71.5 Å². The van der Waals surface area contributed by atoms with Crippen molar-refractivity contribution < 1.29 is 9.47 Å². The van der Waals surface area contributed by atoms with E-state index >= 15 is 0 Å². The number of methoxy groups -OCH3 is 1. The molecule has 1 aromatic heterocycles. The molecule has 1 aliphatic rings. The van der Waals surface area contributed by atoms with Gasteiger partial charge in [0.15, 0.2) is 0 Å². The van der Waals surface area contributed by atoms with Crippen LogP contribution in [0.2, 0.25) is 0 Å². The number of fused-ring (bicyclic) bond motifs is 1. The van der Waals surface area contributed by atoms with Crippen molar-refractivity contribution >= 4 is 22.5 Å². The molecule has 174 valence electrons. The predicted molar refractivity (Wildman–Crippen MR) is 135 cm³/mol. The molecule has 3 aromatic carbocycles. The fourth-order valence-electron chi connectivity index (χ4n) is 4.22. The zero-order valence-corrected chi connectivity index (χ0v) is 19.5. The Labute approximate surface area is 198 Å². The maximum absolute atomic E-state index is 13.6. The van der Waals surface area contributed by atoms with E-state index in [0.717, 1.165) is 54.6 Å². The fraction of sp³-hybridized carbons (Fsp3) is 0.259. The molecule has 0 atom stereocenters. The summed E-state index contributed by atoms with van der Waals surface area (Å²) in [6.07, 6.45) is 0. The lowest BCUT2D eigenvalue weighted by atomic mass is 10.1. The second kappa shape index (κ2) is 9.57. The number of hydrogen-bond acceptors (Lipinski definition) is 6. The molecule has 0 saturated carbocycles. The van der Waals surface area contributed by atoms with Crippen LogP contribution in [0.3, 0.4) is 0 Å². The van der Waals surface area contributed by atoms with Crippen molar-refractivity contribution in [3.05, 3.63) is 88.2 Å². The predicted octanol–water partition coefficient (Wildman–Crippen LogP) is 4.15. The first-order valence-electron chi connectivity index (χ1n) is 11.5. The molecule has 0 amide bonds. The lowest BCUT2D eigenvalue weighted by molar-refractivity contribution is 0.122. The highest BCUT2D eigenvalue weighted by Crippen LogP contribution is 2.22. The van der Waals surface area contributed by atoms with Gasteiger partial charge in [0, 0.05) is 25.3 Å². The van der Waals surface area contributed by atoms with Crippen LogP contribution < -0.4 is 20.5 Å². The van der Waals surface area contributed by atoms with E-state index in [-0.39, 0.29) is 5.56 Å². The standard InChI is InChI=1S/C27H28N4O3/c1-19-3-12-25-24(17-19)26(32)31(22-8-6-21(7-9-22)30-13-15-34-16-14-30)27(29-25)28-18-20-4-10-23(33-2)11-5-20/h3-12,17H,13-16,18H2,1-2H3,(H,28,29). The minimum absolute atomic E-state index is 0.0925. The molecule has 1 saturated heterocycles. The highest BCUT2D eigenvalue weighted by molar-refractivity contribution is 5.80. The summed E-state index contributed by atoms with van der Waals surface area (Å²) in [5.74, 6) is 1.32. The summed E-state index contributed by atoms with van der Waals surface area (Å²) in [5.41, 5.74) is 4.57. The summed E-state index contributed by atoms with van der Waals surface area (Å²) in [6, 6.07) is 21.7. The average Bonchev–Trinajstić information content (AvgIpc) is 2.89. The maximum Gasteiger partial charge on any atom is 0.267 e. The number of aryl methyl sites for hydroxylation is 1. The molecule has 0 aliphatic carbocycles. The molecule has 7 heteroatoms. The fourth-order valence-corrected chi connectivity index (χ4v) is 4.22. The van der Waals surface area contributed by atoms with Crippen molar-refractivity contribution in [2.24, 2.45) is 0 Å². The van der Waals surface area contributed by atoms with Crippen molar-refractivity contribution in [3.63, 3.8) is 0 Å². The second-order valence-electron chi connectivity index (χ2n) is 8.41. The van der Waals surface area contributed by atoms with Gasteiger partial charge in [0.1, 0.15) is 5.75 Å². The van der Waals surface area contributed by atoms with Gasteiger partial charge in [0.25, 0.3) is 5.56 Å². The normalized spacial score (nSPS) is 13.8. The Balaban J connectivity index is 1.52. The van der Waals surface area contributed by atoms with Gasteiger partial charge >= 0.3 is 0 Å². The van der Waals surface area contributed by atoms with Gasteiger partial charge in [-0.2, -0.15) is 0 Å². The highest BCUT2D eigenvalue weighted by atomic mass is 16.5. The Bertz CT molecular complexity index is 1340. The molecule has 0 bridgehead atoms. The summed E-state index contributed by atoms with van der Waals surface area (Å²) in [5, 5.41) is 3.98. The van der Waals surface area contributed by atoms with Gasteiger partial charge in [0.2, 0.25) is 5.95 Å². The average molecular weight is 457 g/mol. The number of hydrogen-bond donors (Lipinski definition) is 1. The lowest BCUT2D eigenvalue weighted by Crippen LogP contribution is -2.36. The molecule has 1 fully saturated rings. The van der Waals surface area contributed by atoms with Gasteiger partial charge in [0.05, 0.1) is 36.9 Å². The van der Waals surface area contributed by atoms with Crippen molar-refractivity contribution in [1.29, 1.82) is 0 Å². The summed E-state index contributed by atoms with van der Waals surface area (Å²) in [7, 11) is 1.65. The van der Waals surface area contributed by atoms with Gasteiger partial charge < -0.3 is 19.7 Å². The van der Waals surface area contributed by atoms with E-state index in [1.54, 1.807) is 11.7 Å². The largest absolute Gasteiger partial charge is 0.497 e. The summed E-state index contributed by atoms with van der Waals surface area (Å²) >= 11 is 0. The van der Waals surface area contributed by atoms with E-state index in [4.69, 9.17) is 14.5 Å². The monoisotopic (exact) mass is 456 g/mol. The van der Waals surface area contributed by atoms with E-state index in [9.17, 15) is 4.79 Å². The third-order valence-corrected chi connectivity index (χ3v) is 6.12. The Morgan fingerprint density at radius 2 is 1.68 bits per heavy atom. The van der Waals surface area contributed by atoms with Crippen molar-refractivity contribution in [3.8, 4) is 11.4 Å². The Kier molecular flexibility index (Phi) is 6.18. The third-order valence-electron chi connectivity index (χ3n) is 6.12. The lowest BCUT2D eigenvalue weighted by Gasteiger charge is -2.29. The highest BCUT2D eigenvalue weighted by Gasteiger charge is 2.15. The first-order chi connectivity index (χ1) is 16.6. The van der Waals surface area contributed by atoms with Crippen LogP contribution in [0.4, 0.5) is 11.6 Å². The summed E-state index contributed by atoms with van der Waals surface area (Å²) in [6.45, 7) is 5.70. The second-order valence-corrected chi connectivity index (χ2v) is 8.41. The van der Waals surface area contributed by atoms with Gasteiger partial charge in [-0.1, -0.05) is 23.8 Å². The molecule has 1 aliphatic heterocycles. The van der Waals surface area contributed by atoms with Crippen LogP contribution in [0, 0.1) is 6.92 Å². The number of ether oxygens (including phenoxy) is 2. The van der Waals surface area contributed by atoms with Crippen molar-refractivity contribution in [1.82, 2.24) is 9.55 Å². The van der Waals surface area contributed by atoms with Crippen LogP contribution in [0.1, 0.15) is 11.1 Å². The molecular formula is C27H28N4O3. The van der Waals surface area contributed by atoms with E-state index < -0.39 is 0 Å². The molecular weight excluding hydrogens is 428 g/mol. The molecule has 1 N–H and O–H groups in total. The smallest absolute Gasteiger partial charge is 0.267 e. The zero-order chi connectivity index (χ0) is 23.5. The minimum atomic E-state index is -0.0925. The van der Waals surface area contributed by atoms with E-state index in [1.165, 1.54) is 0 Å². The minimum Gasteiger partial charge on any atom is -0.497 e. The number of nitrogens with one attached hydrogen (secondary N) is 1. The first kappa shape index (κ1) is 22.0. The molecule has 34 heavy (non-hydrogen) atoms. The molecule has 4 aromatic rings. The van der Waals surface area contributed by atoms with Gasteiger partial charge in [-0.25, -0.2) is 9.55 Å². The van der Waals surface area contributed by atoms with Crippen LogP contribution in [-0.2, 0) is 11.3 Å². The Hall–Kier alpha value is -3.84. The number of morpholine rings is 1. The van der Waals surface area contributed by atoms with Crippen molar-refractivity contribution in [2.75, 3.05) is 43.6 Å². The number of anilines is 2. The van der Waals surface area contributed by atoms with E-state index in [2.05, 4.69) is 22.3 Å². The third kappa shape index (κ3) is 4.47. The topological polar surface area (TPSA) is 68.6 Å². The Morgan fingerprint density at radius 3 is 2.38 bits per heavy atom. The molecule has 0 radical (unpaired) electrons. The SMILES string of the molecule is COc1ccc(CNc2nc3ccc(C)cc3c(=O)n2-c2ccc(N3CCOCC3)cc2)cc1. The van der Waals surface area contributed by atoms with E-state index in [1.807, 2.05) is 61.5 Å². The van der Waals surface area contributed by atoms with E-state index in [0.29, 0.717) is 23.4 Å². The Morgan fingerprint density at radius 1 is 0.971 bits per heavy atom. The molecule has 5 rings (SSSR count). The number of rotatable bonds is 6. The quantitative estimate of drug-likeness (QED) is 0.470. The van der Waals surface area contributed by atoms with Crippen LogP contribution in [-0.4, -0.2) is 43.0 Å². The summed E-state index contributed by atoms with van der Waals surface area (Å²) < 4.78 is 12.4. The maximum atomic E-state index is 13.6. The molecule has 0 unspecified atom stereocenters. The number of benzene rings is 3. The van der Waals surface area contributed by atoms with Gasteiger partial charge in [-0.05, 0) is 61.0 Å². The van der Waals surface area contributed by atoms with Gasteiger partial charge in [-0.15, -0.1) is 0 Å². The van der Waals surface area contributed by atoms with Gasteiger partial charge in [-0.3, -0.25) is 4.79 Å². The van der Waals surface area contributed by atoms with Crippen LogP contribution in [0.5, 0.6) is 5.75 Å². The van der Waals surface area contributed by atoms with Crippen molar-refractivity contribution in [2.45, 2.75) is 13.5 Å². The number of nitrogens with zero attached hydrogens (tertiary/aromatic N) is 3.